The molecule has 4 heteroatoms. The lowest BCUT2D eigenvalue weighted by atomic mass is 9.93. The van der Waals surface area contributed by atoms with Gasteiger partial charge in [-0.05, 0) is 52.9 Å². The molecule has 2 aromatic heterocycles. The zero-order valence-electron chi connectivity index (χ0n) is 24.1. The molecule has 3 nitrogen and oxygen atoms in total. The Balaban J connectivity index is 1.25. The molecule has 0 N–H and O–H groups in total. The molecule has 0 radical (unpaired) electrons. The van der Waals surface area contributed by atoms with Crippen LogP contribution in [0, 0.1) is 6.92 Å². The van der Waals surface area contributed by atoms with E-state index in [0.29, 0.717) is 17.5 Å². The summed E-state index contributed by atoms with van der Waals surface area (Å²) in [5, 5.41) is 2.63. The topological polar surface area (TPSA) is 38.7 Å². The lowest BCUT2D eigenvalue weighted by Gasteiger charge is -2.12. The Morgan fingerprint density at radius 1 is 0.409 bits per heavy atom. The molecule has 0 aliphatic rings. The third kappa shape index (κ3) is 4.76. The van der Waals surface area contributed by atoms with Crippen molar-refractivity contribution in [1.29, 1.82) is 0 Å². The first-order chi connectivity index (χ1) is 21.7. The Bertz CT molecular complexity index is 2230. The quantitative estimate of drug-likeness (QED) is 0.203. The van der Waals surface area contributed by atoms with Crippen LogP contribution in [0.5, 0.6) is 0 Å². The van der Waals surface area contributed by atoms with Crippen LogP contribution < -0.4 is 0 Å². The molecule has 0 amide bonds. The molecule has 44 heavy (non-hydrogen) atoms. The van der Waals surface area contributed by atoms with E-state index in [4.69, 9.17) is 15.0 Å². The molecule has 8 rings (SSSR count). The van der Waals surface area contributed by atoms with Crippen molar-refractivity contribution in [2.24, 2.45) is 0 Å². The average molecular weight is 582 g/mol. The summed E-state index contributed by atoms with van der Waals surface area (Å²) in [5.74, 6) is 1.98. The van der Waals surface area contributed by atoms with Gasteiger partial charge in [-0.25, -0.2) is 15.0 Å². The van der Waals surface area contributed by atoms with Gasteiger partial charge >= 0.3 is 0 Å². The maximum atomic E-state index is 4.96. The minimum Gasteiger partial charge on any atom is -0.208 e. The highest BCUT2D eigenvalue weighted by atomic mass is 32.1. The highest BCUT2D eigenvalue weighted by molar-refractivity contribution is 7.26. The van der Waals surface area contributed by atoms with Crippen LogP contribution >= 0.6 is 11.3 Å². The number of benzene rings is 6. The summed E-state index contributed by atoms with van der Waals surface area (Å²) >= 11 is 1.87. The summed E-state index contributed by atoms with van der Waals surface area (Å²) in [6.07, 6.45) is 0. The lowest BCUT2D eigenvalue weighted by molar-refractivity contribution is 1.07. The summed E-state index contributed by atoms with van der Waals surface area (Å²) in [6.45, 7) is 2.18. The number of hydrogen-bond acceptors (Lipinski definition) is 4. The highest BCUT2D eigenvalue weighted by Crippen LogP contribution is 2.41. The van der Waals surface area contributed by atoms with Crippen LogP contribution in [-0.2, 0) is 0 Å². The summed E-state index contributed by atoms with van der Waals surface area (Å²) in [7, 11) is 0. The van der Waals surface area contributed by atoms with Gasteiger partial charge in [0.25, 0.3) is 0 Å². The van der Waals surface area contributed by atoms with Crippen LogP contribution in [0.1, 0.15) is 5.56 Å². The van der Waals surface area contributed by atoms with Crippen LogP contribution in [0.25, 0.3) is 76.6 Å². The fraction of sp³-hybridized carbons (Fsp3) is 0.0250. The first-order valence-electron chi connectivity index (χ1n) is 14.7. The van der Waals surface area contributed by atoms with Crippen LogP contribution in [-0.4, -0.2) is 15.0 Å². The van der Waals surface area contributed by atoms with E-state index in [1.54, 1.807) is 0 Å². The number of fused-ring (bicyclic) bond motifs is 3. The number of nitrogens with zero attached hydrogens (tertiary/aromatic N) is 3. The zero-order valence-corrected chi connectivity index (χ0v) is 24.9. The van der Waals surface area contributed by atoms with Crippen molar-refractivity contribution >= 4 is 31.5 Å². The minimum atomic E-state index is 0.656. The second-order valence-corrected chi connectivity index (χ2v) is 12.0. The van der Waals surface area contributed by atoms with E-state index in [1.165, 1.54) is 42.4 Å². The molecule has 0 saturated heterocycles. The molecule has 0 atom stereocenters. The molecule has 0 unspecified atom stereocenters. The van der Waals surface area contributed by atoms with E-state index >= 15 is 0 Å². The van der Waals surface area contributed by atoms with Gasteiger partial charge in [-0.3, -0.25) is 0 Å². The Labute approximate surface area is 260 Å². The SMILES string of the molecule is Cc1ccc(-c2cccc3c2sc2ccccc23)cc1-c1cccc(-c2nc(-c3ccccc3)nc(-c3ccccc3)n2)c1. The zero-order chi connectivity index (χ0) is 29.5. The van der Waals surface area contributed by atoms with Gasteiger partial charge in [-0.15, -0.1) is 11.3 Å². The lowest BCUT2D eigenvalue weighted by Crippen LogP contribution is -2.00. The van der Waals surface area contributed by atoms with E-state index in [0.717, 1.165) is 22.3 Å². The monoisotopic (exact) mass is 581 g/mol. The van der Waals surface area contributed by atoms with Gasteiger partial charge in [-0.1, -0.05) is 127 Å². The normalized spacial score (nSPS) is 11.3. The Hall–Kier alpha value is -5.45. The molecule has 6 aromatic carbocycles. The van der Waals surface area contributed by atoms with Crippen molar-refractivity contribution in [1.82, 2.24) is 15.0 Å². The van der Waals surface area contributed by atoms with Gasteiger partial charge < -0.3 is 0 Å². The Kier molecular flexibility index (Phi) is 6.55. The van der Waals surface area contributed by atoms with E-state index in [-0.39, 0.29) is 0 Å². The number of rotatable bonds is 5. The third-order valence-electron chi connectivity index (χ3n) is 8.08. The molecule has 208 valence electrons. The maximum Gasteiger partial charge on any atom is 0.164 e. The number of aryl methyl sites for hydroxylation is 1. The van der Waals surface area contributed by atoms with Crippen molar-refractivity contribution < 1.29 is 0 Å². The van der Waals surface area contributed by atoms with Crippen molar-refractivity contribution in [3.05, 3.63) is 151 Å². The summed E-state index contributed by atoms with van der Waals surface area (Å²) in [4.78, 5) is 14.8. The van der Waals surface area contributed by atoms with Gasteiger partial charge in [0.2, 0.25) is 0 Å². The van der Waals surface area contributed by atoms with Crippen LogP contribution in [0.2, 0.25) is 0 Å². The second-order valence-electron chi connectivity index (χ2n) is 10.9. The van der Waals surface area contributed by atoms with E-state index in [2.05, 4.69) is 91.9 Å². The molecule has 8 aromatic rings. The van der Waals surface area contributed by atoms with Gasteiger partial charge in [0.15, 0.2) is 17.5 Å². The summed E-state index contributed by atoms with van der Waals surface area (Å²) in [5.41, 5.74) is 8.91. The van der Waals surface area contributed by atoms with E-state index in [1.807, 2.05) is 72.0 Å². The Morgan fingerprint density at radius 2 is 0.955 bits per heavy atom. The van der Waals surface area contributed by atoms with Crippen molar-refractivity contribution in [3.8, 4) is 56.4 Å². The first kappa shape index (κ1) is 26.2. The molecule has 0 saturated carbocycles. The molecule has 0 aliphatic heterocycles. The minimum absolute atomic E-state index is 0.656. The second kappa shape index (κ2) is 11.0. The molecule has 0 fully saturated rings. The number of thiophene rings is 1. The average Bonchev–Trinajstić information content (AvgIpc) is 3.48. The number of hydrogen-bond donors (Lipinski definition) is 0. The van der Waals surface area contributed by atoms with E-state index < -0.39 is 0 Å². The molecular formula is C40H27N3S. The fourth-order valence-electron chi connectivity index (χ4n) is 5.84. The largest absolute Gasteiger partial charge is 0.208 e. The molecule has 0 spiro atoms. The van der Waals surface area contributed by atoms with Gasteiger partial charge in [0, 0.05) is 36.9 Å². The summed E-state index contributed by atoms with van der Waals surface area (Å²) < 4.78 is 2.64. The van der Waals surface area contributed by atoms with Gasteiger partial charge in [0.05, 0.1) is 0 Å². The van der Waals surface area contributed by atoms with Crippen LogP contribution in [0.3, 0.4) is 0 Å². The fourth-order valence-corrected chi connectivity index (χ4v) is 7.08. The smallest absolute Gasteiger partial charge is 0.164 e. The third-order valence-corrected chi connectivity index (χ3v) is 9.30. The molecule has 0 bridgehead atoms. The highest BCUT2D eigenvalue weighted by Gasteiger charge is 2.15. The van der Waals surface area contributed by atoms with Gasteiger partial charge in [0.1, 0.15) is 0 Å². The Morgan fingerprint density at radius 3 is 1.68 bits per heavy atom. The van der Waals surface area contributed by atoms with Gasteiger partial charge in [-0.2, -0.15) is 0 Å². The van der Waals surface area contributed by atoms with Crippen molar-refractivity contribution in [2.45, 2.75) is 6.92 Å². The molecule has 0 aliphatic carbocycles. The molecular weight excluding hydrogens is 555 g/mol. The van der Waals surface area contributed by atoms with Crippen LogP contribution in [0.4, 0.5) is 0 Å². The molecule has 2 heterocycles. The number of aromatic nitrogens is 3. The van der Waals surface area contributed by atoms with Crippen molar-refractivity contribution in [3.63, 3.8) is 0 Å². The first-order valence-corrected chi connectivity index (χ1v) is 15.5. The standard InChI is InChI=1S/C40H27N3S/c1-26-22-23-30(32-19-11-20-34-33-18-8-9-21-36(33)44-37(32)34)25-35(26)29-16-10-17-31(24-29)40-42-38(27-12-4-2-5-13-27)41-39(43-40)28-14-6-3-7-15-28/h2-25H,1H3. The maximum absolute atomic E-state index is 4.96. The predicted molar refractivity (Wildman–Crippen MR) is 185 cm³/mol. The van der Waals surface area contributed by atoms with Crippen LogP contribution in [0.15, 0.2) is 146 Å². The predicted octanol–water partition coefficient (Wildman–Crippen LogP) is 10.9. The van der Waals surface area contributed by atoms with Crippen molar-refractivity contribution in [2.75, 3.05) is 0 Å². The van der Waals surface area contributed by atoms with E-state index in [9.17, 15) is 0 Å². The summed E-state index contributed by atoms with van der Waals surface area (Å²) in [6, 6.07) is 50.9.